The van der Waals surface area contributed by atoms with E-state index in [1.54, 1.807) is 6.07 Å². The van der Waals surface area contributed by atoms with Crippen molar-refractivity contribution in [1.29, 1.82) is 0 Å². The van der Waals surface area contributed by atoms with Crippen LogP contribution in [0.5, 0.6) is 5.75 Å². The Kier molecular flexibility index (Phi) is 3.66. The van der Waals surface area contributed by atoms with E-state index in [9.17, 15) is 4.39 Å². The van der Waals surface area contributed by atoms with Crippen LogP contribution in [-0.2, 0) is 0 Å². The lowest BCUT2D eigenvalue weighted by atomic mass is 10.2. The maximum absolute atomic E-state index is 13.1. The second kappa shape index (κ2) is 4.78. The molecular weight excluding hydrogens is 187 g/mol. The van der Waals surface area contributed by atoms with Crippen LogP contribution in [0.3, 0.4) is 0 Å². The number of hydrogen-bond donors (Lipinski definition) is 2. The van der Waals surface area contributed by atoms with Gasteiger partial charge in [0.25, 0.3) is 0 Å². The number of phenols is 1. The van der Waals surface area contributed by atoms with Gasteiger partial charge in [0.2, 0.25) is 0 Å². The largest absolute Gasteiger partial charge is 0.505 e. The van der Waals surface area contributed by atoms with Crippen molar-refractivity contribution in [1.82, 2.24) is 0 Å². The summed E-state index contributed by atoms with van der Waals surface area (Å²) in [6.07, 6.45) is 0.609. The summed E-state index contributed by atoms with van der Waals surface area (Å²) >= 11 is 3.97. The van der Waals surface area contributed by atoms with Gasteiger partial charge in [-0.15, -0.1) is 0 Å². The first-order chi connectivity index (χ1) is 6.25. The van der Waals surface area contributed by atoms with Crippen molar-refractivity contribution < 1.29 is 9.50 Å². The second-order valence-electron chi connectivity index (χ2n) is 2.41. The van der Waals surface area contributed by atoms with Crippen molar-refractivity contribution >= 4 is 12.6 Å². The van der Waals surface area contributed by atoms with Crippen LogP contribution in [0.15, 0.2) is 18.2 Å². The molecule has 0 radical (unpaired) electrons. The Hall–Kier alpha value is -1.14. The minimum absolute atomic E-state index is 0.224. The van der Waals surface area contributed by atoms with Crippen molar-refractivity contribution in [3.05, 3.63) is 29.6 Å². The quantitative estimate of drug-likeness (QED) is 0.521. The minimum atomic E-state index is -0.658. The van der Waals surface area contributed by atoms with Gasteiger partial charge in [-0.25, -0.2) is 4.39 Å². The molecule has 0 atom stereocenters. The molecule has 0 heterocycles. The van der Waals surface area contributed by atoms with E-state index in [0.717, 1.165) is 0 Å². The zero-order valence-corrected chi connectivity index (χ0v) is 7.81. The average molecular weight is 196 g/mol. The number of phenolic OH excluding ortho intramolecular Hbond substituents is 1. The lowest BCUT2D eigenvalue weighted by molar-refractivity contribution is 0.431. The molecule has 0 spiro atoms. The molecule has 0 saturated carbocycles. The Morgan fingerprint density at radius 2 is 2.23 bits per heavy atom. The van der Waals surface area contributed by atoms with Gasteiger partial charge in [-0.1, -0.05) is 17.9 Å². The smallest absolute Gasteiger partial charge is 0.180 e. The first-order valence-electron chi connectivity index (χ1n) is 3.83. The first kappa shape index (κ1) is 9.94. The van der Waals surface area contributed by atoms with Crippen LogP contribution in [-0.4, -0.2) is 10.9 Å². The average Bonchev–Trinajstić information content (AvgIpc) is 2.13. The normalized spacial score (nSPS) is 9.08. The highest BCUT2D eigenvalue weighted by Crippen LogP contribution is 2.17. The molecule has 0 amide bonds. The zero-order valence-electron chi connectivity index (χ0n) is 6.92. The first-order valence-corrected chi connectivity index (χ1v) is 4.46. The van der Waals surface area contributed by atoms with Gasteiger partial charge in [-0.3, -0.25) is 0 Å². The Labute approximate surface area is 82.0 Å². The van der Waals surface area contributed by atoms with Crippen molar-refractivity contribution in [2.75, 3.05) is 5.75 Å². The summed E-state index contributed by atoms with van der Waals surface area (Å²) in [6, 6.07) is 4.38. The fourth-order valence-corrected chi connectivity index (χ4v) is 0.942. The summed E-state index contributed by atoms with van der Waals surface area (Å²) in [6.45, 7) is 0. The Bertz CT molecular complexity index is 352. The van der Waals surface area contributed by atoms with Gasteiger partial charge in [0.1, 0.15) is 0 Å². The predicted molar refractivity (Wildman–Crippen MR) is 53.4 cm³/mol. The van der Waals surface area contributed by atoms with E-state index in [-0.39, 0.29) is 11.3 Å². The molecule has 0 aromatic heterocycles. The monoisotopic (exact) mass is 196 g/mol. The summed E-state index contributed by atoms with van der Waals surface area (Å²) < 4.78 is 13.1. The van der Waals surface area contributed by atoms with E-state index >= 15 is 0 Å². The number of aromatic hydroxyl groups is 1. The molecule has 0 aliphatic heterocycles. The van der Waals surface area contributed by atoms with Crippen LogP contribution < -0.4 is 0 Å². The van der Waals surface area contributed by atoms with E-state index in [4.69, 9.17) is 5.11 Å². The highest BCUT2D eigenvalue weighted by molar-refractivity contribution is 7.80. The van der Waals surface area contributed by atoms with Gasteiger partial charge >= 0.3 is 0 Å². The summed E-state index contributed by atoms with van der Waals surface area (Å²) in [5, 5.41) is 9.00. The third kappa shape index (κ3) is 2.67. The third-order valence-electron chi connectivity index (χ3n) is 1.44. The van der Waals surface area contributed by atoms with Crippen LogP contribution in [0.1, 0.15) is 12.0 Å². The molecule has 1 nitrogen and oxygen atoms in total. The molecule has 0 aliphatic rings. The standard InChI is InChI=1S/C10H9FOS/c11-10-8(4-1-2-7-13)5-3-6-9(10)12/h3,5-6,12-13H,2,7H2. The molecular formula is C10H9FOS. The topological polar surface area (TPSA) is 20.2 Å². The fourth-order valence-electron chi connectivity index (χ4n) is 0.830. The third-order valence-corrected chi connectivity index (χ3v) is 1.66. The Morgan fingerprint density at radius 3 is 2.92 bits per heavy atom. The molecule has 1 N–H and O–H groups in total. The molecule has 0 bridgehead atoms. The number of halogens is 1. The van der Waals surface area contributed by atoms with Gasteiger partial charge in [0.05, 0.1) is 5.56 Å². The van der Waals surface area contributed by atoms with Gasteiger partial charge in [0, 0.05) is 12.2 Å². The lowest BCUT2D eigenvalue weighted by Crippen LogP contribution is -1.83. The predicted octanol–water partition coefficient (Wildman–Crippen LogP) is 2.20. The molecule has 0 aliphatic carbocycles. The van der Waals surface area contributed by atoms with Gasteiger partial charge in [-0.2, -0.15) is 12.6 Å². The maximum Gasteiger partial charge on any atom is 0.180 e. The summed E-state index contributed by atoms with van der Waals surface area (Å²) in [7, 11) is 0. The molecule has 3 heteroatoms. The fraction of sp³-hybridized carbons (Fsp3) is 0.200. The molecule has 1 aromatic carbocycles. The summed E-state index contributed by atoms with van der Waals surface area (Å²) in [4.78, 5) is 0. The van der Waals surface area contributed by atoms with Crippen LogP contribution >= 0.6 is 12.6 Å². The van der Waals surface area contributed by atoms with E-state index < -0.39 is 5.82 Å². The summed E-state index contributed by atoms with van der Waals surface area (Å²) in [5.41, 5.74) is 0.224. The molecule has 0 fully saturated rings. The van der Waals surface area contributed by atoms with Crippen molar-refractivity contribution in [3.8, 4) is 17.6 Å². The van der Waals surface area contributed by atoms with Crippen molar-refractivity contribution in [3.63, 3.8) is 0 Å². The number of hydrogen-bond acceptors (Lipinski definition) is 2. The van der Waals surface area contributed by atoms with Gasteiger partial charge in [0.15, 0.2) is 11.6 Å². The number of benzene rings is 1. The molecule has 0 saturated heterocycles. The molecule has 1 rings (SSSR count). The Balaban J connectivity index is 2.91. The number of rotatable bonds is 1. The minimum Gasteiger partial charge on any atom is -0.505 e. The molecule has 13 heavy (non-hydrogen) atoms. The highest BCUT2D eigenvalue weighted by Gasteiger charge is 2.02. The Morgan fingerprint density at radius 1 is 1.46 bits per heavy atom. The molecule has 0 unspecified atom stereocenters. The van der Waals surface area contributed by atoms with Crippen LogP contribution in [0.25, 0.3) is 0 Å². The van der Waals surface area contributed by atoms with E-state index in [2.05, 4.69) is 24.5 Å². The molecule has 68 valence electrons. The van der Waals surface area contributed by atoms with Gasteiger partial charge < -0.3 is 5.11 Å². The zero-order chi connectivity index (χ0) is 9.68. The van der Waals surface area contributed by atoms with Crippen molar-refractivity contribution in [2.45, 2.75) is 6.42 Å². The van der Waals surface area contributed by atoms with Crippen LogP contribution in [0.2, 0.25) is 0 Å². The lowest BCUT2D eigenvalue weighted by Gasteiger charge is -1.95. The summed E-state index contributed by atoms with van der Waals surface area (Å²) in [5.74, 6) is 4.99. The second-order valence-corrected chi connectivity index (χ2v) is 2.86. The van der Waals surface area contributed by atoms with Gasteiger partial charge in [-0.05, 0) is 12.1 Å². The molecule has 1 aromatic rings. The van der Waals surface area contributed by atoms with Crippen LogP contribution in [0.4, 0.5) is 4.39 Å². The highest BCUT2D eigenvalue weighted by atomic mass is 32.1. The van der Waals surface area contributed by atoms with E-state index in [0.29, 0.717) is 12.2 Å². The van der Waals surface area contributed by atoms with Crippen molar-refractivity contribution in [2.24, 2.45) is 0 Å². The van der Waals surface area contributed by atoms with Crippen LogP contribution in [0, 0.1) is 17.7 Å². The van der Waals surface area contributed by atoms with E-state index in [1.807, 2.05) is 0 Å². The van der Waals surface area contributed by atoms with E-state index in [1.165, 1.54) is 12.1 Å². The maximum atomic E-state index is 13.1. The number of thiol groups is 1. The SMILES string of the molecule is Oc1cccc(C#CCCS)c1F.